The molecule has 9 heteroatoms. The number of aromatic amines is 2. The van der Waals surface area contributed by atoms with Crippen LogP contribution in [-0.4, -0.2) is 32.6 Å². The summed E-state index contributed by atoms with van der Waals surface area (Å²) in [6.45, 7) is 5.28. The van der Waals surface area contributed by atoms with E-state index in [0.717, 1.165) is 22.0 Å². The lowest BCUT2D eigenvalue weighted by Gasteiger charge is -2.13. The van der Waals surface area contributed by atoms with Gasteiger partial charge in [0.25, 0.3) is 0 Å². The molecule has 0 aliphatic heterocycles. The zero-order valence-electron chi connectivity index (χ0n) is 22.3. The third-order valence-electron chi connectivity index (χ3n) is 6.26. The molecule has 0 atom stereocenters. The standard InChI is InChI=1S/C31H28N4O5/c1-18(2)31(38)40-23-9-4-6-20(14-23)29(37)27-17-34-30(35-27)21-7-5-8-22(15-21)39-28-11-10-26-24(12-13-32-26)25(28)16-33-19(3)36/h4-15,17-18,32H,16H2,1-3H3,(H,33,36)(H,34,35). The lowest BCUT2D eigenvalue weighted by Crippen LogP contribution is -2.19. The van der Waals surface area contributed by atoms with E-state index in [1.165, 1.54) is 19.2 Å². The molecule has 0 bridgehead atoms. The molecule has 5 aromatic rings. The number of rotatable bonds is 9. The Morgan fingerprint density at radius 2 is 1.77 bits per heavy atom. The molecule has 2 aromatic heterocycles. The van der Waals surface area contributed by atoms with Gasteiger partial charge >= 0.3 is 5.97 Å². The van der Waals surface area contributed by atoms with Crippen LogP contribution in [0.4, 0.5) is 0 Å². The summed E-state index contributed by atoms with van der Waals surface area (Å²) in [4.78, 5) is 47.3. The Kier molecular flexibility index (Phi) is 7.46. The highest BCUT2D eigenvalue weighted by Crippen LogP contribution is 2.33. The van der Waals surface area contributed by atoms with E-state index in [1.54, 1.807) is 32.0 Å². The second-order valence-electron chi connectivity index (χ2n) is 9.60. The molecule has 0 spiro atoms. The lowest BCUT2D eigenvalue weighted by molar-refractivity contribution is -0.137. The van der Waals surface area contributed by atoms with E-state index in [-0.39, 0.29) is 23.6 Å². The van der Waals surface area contributed by atoms with Gasteiger partial charge in [0, 0.05) is 47.3 Å². The third kappa shape index (κ3) is 5.78. The number of aromatic nitrogens is 3. The number of carbonyl (C=O) groups excluding carboxylic acids is 3. The Balaban J connectivity index is 1.37. The zero-order valence-corrected chi connectivity index (χ0v) is 22.3. The van der Waals surface area contributed by atoms with Crippen LogP contribution in [-0.2, 0) is 16.1 Å². The number of imidazole rings is 1. The highest BCUT2D eigenvalue weighted by molar-refractivity contribution is 6.08. The summed E-state index contributed by atoms with van der Waals surface area (Å²) >= 11 is 0. The summed E-state index contributed by atoms with van der Waals surface area (Å²) < 4.78 is 11.6. The molecule has 0 unspecified atom stereocenters. The molecule has 0 saturated heterocycles. The van der Waals surface area contributed by atoms with Gasteiger partial charge < -0.3 is 24.8 Å². The molecule has 0 aliphatic carbocycles. The van der Waals surface area contributed by atoms with Crippen molar-refractivity contribution in [2.45, 2.75) is 27.3 Å². The Bertz CT molecular complexity index is 1720. The van der Waals surface area contributed by atoms with Gasteiger partial charge in [0.05, 0.1) is 12.1 Å². The molecule has 2 heterocycles. The molecular formula is C31H28N4O5. The molecule has 0 saturated carbocycles. The number of hydrogen-bond acceptors (Lipinski definition) is 6. The van der Waals surface area contributed by atoms with Gasteiger partial charge in [-0.2, -0.15) is 0 Å². The average molecular weight is 537 g/mol. The van der Waals surface area contributed by atoms with Gasteiger partial charge in [-0.3, -0.25) is 14.4 Å². The van der Waals surface area contributed by atoms with Crippen LogP contribution in [0.3, 0.4) is 0 Å². The van der Waals surface area contributed by atoms with Crippen molar-refractivity contribution in [3.8, 4) is 28.6 Å². The quantitative estimate of drug-likeness (QED) is 0.125. The molecule has 0 fully saturated rings. The first kappa shape index (κ1) is 26.4. The number of H-pyrrole nitrogens is 2. The van der Waals surface area contributed by atoms with Crippen molar-refractivity contribution in [2.75, 3.05) is 0 Å². The van der Waals surface area contributed by atoms with Crippen molar-refractivity contribution in [2.24, 2.45) is 5.92 Å². The molecule has 40 heavy (non-hydrogen) atoms. The van der Waals surface area contributed by atoms with Crippen molar-refractivity contribution < 1.29 is 23.9 Å². The molecule has 0 aliphatic rings. The molecule has 1 amide bonds. The van der Waals surface area contributed by atoms with Crippen LogP contribution in [0.5, 0.6) is 17.2 Å². The second kappa shape index (κ2) is 11.3. The summed E-state index contributed by atoms with van der Waals surface area (Å²) in [7, 11) is 0. The van der Waals surface area contributed by atoms with Gasteiger partial charge in [-0.25, -0.2) is 4.98 Å². The third-order valence-corrected chi connectivity index (χ3v) is 6.26. The number of ketones is 1. The number of amides is 1. The summed E-state index contributed by atoms with van der Waals surface area (Å²) in [6.07, 6.45) is 3.32. The maximum atomic E-state index is 13.1. The summed E-state index contributed by atoms with van der Waals surface area (Å²) in [5, 5.41) is 3.81. The van der Waals surface area contributed by atoms with Crippen LogP contribution >= 0.6 is 0 Å². The zero-order chi connectivity index (χ0) is 28.2. The summed E-state index contributed by atoms with van der Waals surface area (Å²) in [5.74, 6) is 0.927. The van der Waals surface area contributed by atoms with Crippen LogP contribution in [0.1, 0.15) is 42.4 Å². The van der Waals surface area contributed by atoms with Crippen LogP contribution in [0, 0.1) is 5.92 Å². The van der Waals surface area contributed by atoms with Gasteiger partial charge in [0.2, 0.25) is 11.7 Å². The van der Waals surface area contributed by atoms with Crippen LogP contribution in [0.15, 0.2) is 79.1 Å². The van der Waals surface area contributed by atoms with Crippen molar-refractivity contribution in [3.63, 3.8) is 0 Å². The second-order valence-corrected chi connectivity index (χ2v) is 9.60. The van der Waals surface area contributed by atoms with Gasteiger partial charge in [0.15, 0.2) is 0 Å². The molecule has 3 aromatic carbocycles. The maximum absolute atomic E-state index is 13.1. The Morgan fingerprint density at radius 1 is 0.975 bits per heavy atom. The SMILES string of the molecule is CC(=O)NCc1c(Oc2cccc(-c3ncc(C(=O)c4cccc(OC(=O)C(C)C)c4)[nH]3)c2)ccc2[nH]ccc12. The lowest BCUT2D eigenvalue weighted by atomic mass is 10.1. The number of fused-ring (bicyclic) bond motifs is 1. The highest BCUT2D eigenvalue weighted by Gasteiger charge is 2.17. The van der Waals surface area contributed by atoms with E-state index in [9.17, 15) is 14.4 Å². The minimum Gasteiger partial charge on any atom is -0.457 e. The van der Waals surface area contributed by atoms with Crippen LogP contribution in [0.2, 0.25) is 0 Å². The molecular weight excluding hydrogens is 508 g/mol. The minimum atomic E-state index is -0.370. The normalized spacial score (nSPS) is 11.0. The number of hydrogen-bond donors (Lipinski definition) is 3. The van der Waals surface area contributed by atoms with Crippen molar-refractivity contribution in [3.05, 3.63) is 95.9 Å². The van der Waals surface area contributed by atoms with Crippen LogP contribution in [0.25, 0.3) is 22.3 Å². The fourth-order valence-electron chi connectivity index (χ4n) is 4.17. The van der Waals surface area contributed by atoms with Gasteiger partial charge in [-0.05, 0) is 42.5 Å². The van der Waals surface area contributed by atoms with Crippen molar-refractivity contribution >= 4 is 28.6 Å². The average Bonchev–Trinajstić information content (AvgIpc) is 3.62. The molecule has 0 radical (unpaired) electrons. The minimum absolute atomic E-state index is 0.132. The number of ether oxygens (including phenoxy) is 2. The number of carbonyl (C=O) groups is 3. The fourth-order valence-corrected chi connectivity index (χ4v) is 4.17. The smallest absolute Gasteiger partial charge is 0.313 e. The van der Waals surface area contributed by atoms with Crippen LogP contribution < -0.4 is 14.8 Å². The van der Waals surface area contributed by atoms with E-state index in [2.05, 4.69) is 20.3 Å². The number of benzene rings is 3. The molecule has 3 N–H and O–H groups in total. The van der Waals surface area contributed by atoms with Gasteiger partial charge in [0.1, 0.15) is 28.8 Å². The van der Waals surface area contributed by atoms with E-state index < -0.39 is 0 Å². The Hall–Kier alpha value is -5.18. The first-order valence-corrected chi connectivity index (χ1v) is 12.8. The number of esters is 1. The predicted molar refractivity (Wildman–Crippen MR) is 150 cm³/mol. The largest absolute Gasteiger partial charge is 0.457 e. The van der Waals surface area contributed by atoms with Gasteiger partial charge in [-0.1, -0.05) is 38.1 Å². The molecule has 5 rings (SSSR count). The Labute approximate surface area is 230 Å². The number of nitrogens with zero attached hydrogens (tertiary/aromatic N) is 1. The fraction of sp³-hybridized carbons (Fsp3) is 0.161. The first-order valence-electron chi connectivity index (χ1n) is 12.8. The monoisotopic (exact) mass is 536 g/mol. The predicted octanol–water partition coefficient (Wildman–Crippen LogP) is 5.78. The topological polar surface area (TPSA) is 126 Å². The van der Waals surface area contributed by atoms with E-state index in [4.69, 9.17) is 9.47 Å². The van der Waals surface area contributed by atoms with E-state index >= 15 is 0 Å². The molecule has 202 valence electrons. The first-order chi connectivity index (χ1) is 19.3. The number of nitrogens with one attached hydrogen (secondary N) is 3. The van der Waals surface area contributed by atoms with Gasteiger partial charge in [-0.15, -0.1) is 0 Å². The van der Waals surface area contributed by atoms with Crippen molar-refractivity contribution in [1.82, 2.24) is 20.3 Å². The Morgan fingerprint density at radius 3 is 2.58 bits per heavy atom. The van der Waals surface area contributed by atoms with Crippen molar-refractivity contribution in [1.29, 1.82) is 0 Å². The van der Waals surface area contributed by atoms with E-state index in [0.29, 0.717) is 40.9 Å². The summed E-state index contributed by atoms with van der Waals surface area (Å²) in [6, 6.07) is 19.6. The summed E-state index contributed by atoms with van der Waals surface area (Å²) in [5.41, 5.74) is 3.18. The maximum Gasteiger partial charge on any atom is 0.313 e. The highest BCUT2D eigenvalue weighted by atomic mass is 16.5. The van der Waals surface area contributed by atoms with E-state index in [1.807, 2.05) is 48.7 Å². The molecule has 9 nitrogen and oxygen atoms in total.